The van der Waals surface area contributed by atoms with E-state index < -0.39 is 47.0 Å². The van der Waals surface area contributed by atoms with Crippen molar-refractivity contribution in [3.63, 3.8) is 0 Å². The van der Waals surface area contributed by atoms with Crippen molar-refractivity contribution in [1.82, 2.24) is 0 Å². The number of benzene rings is 1. The van der Waals surface area contributed by atoms with Gasteiger partial charge in [-0.3, -0.25) is 4.79 Å². The molecule has 0 aliphatic carbocycles. The van der Waals surface area contributed by atoms with Crippen LogP contribution >= 0.6 is 0 Å². The van der Waals surface area contributed by atoms with Gasteiger partial charge in [-0.05, 0) is 18.6 Å². The largest absolute Gasteiger partial charge is 0.430 e. The highest BCUT2D eigenvalue weighted by atomic mass is 19.4. The van der Waals surface area contributed by atoms with Crippen LogP contribution in [0.5, 0.6) is 5.75 Å². The quantitative estimate of drug-likeness (QED) is 0.499. The summed E-state index contributed by atoms with van der Waals surface area (Å²) >= 11 is 0. The summed E-state index contributed by atoms with van der Waals surface area (Å²) in [6.07, 6.45) is -12.1. The second kappa shape index (κ2) is 6.58. The molecule has 10 heteroatoms. The van der Waals surface area contributed by atoms with E-state index in [2.05, 4.69) is 4.74 Å². The van der Waals surface area contributed by atoms with Crippen molar-refractivity contribution in [3.05, 3.63) is 29.6 Å². The zero-order valence-electron chi connectivity index (χ0n) is 12.4. The molecule has 1 unspecified atom stereocenters. The maximum atomic E-state index is 13.8. The number of aliphatic hydroxyl groups is 1. The summed E-state index contributed by atoms with van der Waals surface area (Å²) in [7, 11) is 0. The molecule has 0 aliphatic rings. The average molecular weight is 362 g/mol. The number of hydrogen-bond acceptors (Lipinski definition) is 3. The Kier molecular flexibility index (Phi) is 5.54. The topological polar surface area (TPSA) is 46.5 Å². The van der Waals surface area contributed by atoms with Crippen LogP contribution in [0.3, 0.4) is 0 Å². The maximum Gasteiger partial charge on any atom is 0.430 e. The standard InChI is InChI=1S/C14H13F7O3/c1-3-7(2)11(22)24-8-4-5-9(10(15)6-8)12(23,13(16,17)18)14(19,20)21/h4-7,23H,3H2,1-2H3. The van der Waals surface area contributed by atoms with Crippen LogP contribution in [0.2, 0.25) is 0 Å². The summed E-state index contributed by atoms with van der Waals surface area (Å²) in [5.74, 6) is -4.02. The van der Waals surface area contributed by atoms with Gasteiger partial charge in [0, 0.05) is 11.6 Å². The van der Waals surface area contributed by atoms with Crippen LogP contribution in [0.15, 0.2) is 18.2 Å². The van der Waals surface area contributed by atoms with Gasteiger partial charge in [0.1, 0.15) is 11.6 Å². The van der Waals surface area contributed by atoms with E-state index >= 15 is 0 Å². The molecule has 0 fully saturated rings. The lowest BCUT2D eigenvalue weighted by atomic mass is 9.91. The van der Waals surface area contributed by atoms with Gasteiger partial charge in [0.25, 0.3) is 5.60 Å². The maximum absolute atomic E-state index is 13.8. The van der Waals surface area contributed by atoms with E-state index in [1.165, 1.54) is 6.92 Å². The van der Waals surface area contributed by atoms with Crippen LogP contribution in [0, 0.1) is 11.7 Å². The highest BCUT2D eigenvalue weighted by Gasteiger charge is 2.72. The molecule has 1 aromatic rings. The fraction of sp³-hybridized carbons (Fsp3) is 0.500. The number of rotatable bonds is 4. The number of hydrogen-bond donors (Lipinski definition) is 1. The van der Waals surface area contributed by atoms with E-state index in [-0.39, 0.29) is 12.1 Å². The summed E-state index contributed by atoms with van der Waals surface area (Å²) in [5.41, 5.74) is -7.42. The SMILES string of the molecule is CCC(C)C(=O)Oc1ccc(C(O)(C(F)(F)F)C(F)(F)F)c(F)c1. The Morgan fingerprint density at radius 3 is 2.04 bits per heavy atom. The Morgan fingerprint density at radius 1 is 1.17 bits per heavy atom. The van der Waals surface area contributed by atoms with Crippen LogP contribution in [-0.4, -0.2) is 23.4 Å². The second-order valence-electron chi connectivity index (χ2n) is 5.08. The monoisotopic (exact) mass is 362 g/mol. The van der Waals surface area contributed by atoms with E-state index in [0.29, 0.717) is 12.5 Å². The molecule has 1 aromatic carbocycles. The van der Waals surface area contributed by atoms with Crippen LogP contribution < -0.4 is 4.74 Å². The third kappa shape index (κ3) is 3.63. The molecule has 136 valence electrons. The van der Waals surface area contributed by atoms with Gasteiger partial charge in [-0.25, -0.2) is 4.39 Å². The number of carbonyl (C=O) groups is 1. The third-order valence-corrected chi connectivity index (χ3v) is 3.38. The molecule has 0 heterocycles. The first-order valence-electron chi connectivity index (χ1n) is 6.63. The molecular weight excluding hydrogens is 349 g/mol. The Hall–Kier alpha value is -1.84. The molecule has 0 saturated carbocycles. The smallest absolute Gasteiger partial charge is 0.426 e. The van der Waals surface area contributed by atoms with Crippen molar-refractivity contribution >= 4 is 5.97 Å². The van der Waals surface area contributed by atoms with Crippen molar-refractivity contribution in [2.24, 2.45) is 5.92 Å². The highest BCUT2D eigenvalue weighted by Crippen LogP contribution is 2.50. The molecule has 0 aromatic heterocycles. The lowest BCUT2D eigenvalue weighted by Gasteiger charge is -2.32. The fourth-order valence-electron chi connectivity index (χ4n) is 1.70. The molecule has 24 heavy (non-hydrogen) atoms. The number of ether oxygens (including phenoxy) is 1. The van der Waals surface area contributed by atoms with E-state index in [9.17, 15) is 35.5 Å². The second-order valence-corrected chi connectivity index (χ2v) is 5.08. The zero-order chi connectivity index (χ0) is 18.9. The first kappa shape index (κ1) is 20.2. The van der Waals surface area contributed by atoms with E-state index in [0.717, 1.165) is 0 Å². The van der Waals surface area contributed by atoms with Crippen molar-refractivity contribution < 1.29 is 45.4 Å². The minimum absolute atomic E-state index is 0.0789. The fourth-order valence-corrected chi connectivity index (χ4v) is 1.70. The van der Waals surface area contributed by atoms with Crippen LogP contribution in [0.25, 0.3) is 0 Å². The molecular formula is C14H13F7O3. The molecule has 0 radical (unpaired) electrons. The van der Waals surface area contributed by atoms with Crippen LogP contribution in [0.1, 0.15) is 25.8 Å². The van der Waals surface area contributed by atoms with Gasteiger partial charge in [0.15, 0.2) is 0 Å². The number of halogens is 7. The number of esters is 1. The van der Waals surface area contributed by atoms with Gasteiger partial charge in [-0.15, -0.1) is 0 Å². The summed E-state index contributed by atoms with van der Waals surface area (Å²) in [6, 6.07) is 0.800. The predicted molar refractivity (Wildman–Crippen MR) is 67.5 cm³/mol. The Morgan fingerprint density at radius 2 is 1.67 bits per heavy atom. The lowest BCUT2D eigenvalue weighted by Crippen LogP contribution is -2.54. The zero-order valence-corrected chi connectivity index (χ0v) is 12.4. The van der Waals surface area contributed by atoms with Crippen molar-refractivity contribution in [2.75, 3.05) is 0 Å². The summed E-state index contributed by atoms with van der Waals surface area (Å²) < 4.78 is 94.7. The van der Waals surface area contributed by atoms with Gasteiger partial charge < -0.3 is 9.84 Å². The van der Waals surface area contributed by atoms with Crippen molar-refractivity contribution in [1.29, 1.82) is 0 Å². The van der Waals surface area contributed by atoms with E-state index in [4.69, 9.17) is 5.11 Å². The van der Waals surface area contributed by atoms with Gasteiger partial charge in [-0.1, -0.05) is 13.8 Å². The van der Waals surface area contributed by atoms with Gasteiger partial charge in [-0.2, -0.15) is 26.3 Å². The molecule has 1 atom stereocenters. The van der Waals surface area contributed by atoms with Crippen molar-refractivity contribution in [3.8, 4) is 5.75 Å². The van der Waals surface area contributed by atoms with E-state index in [1.54, 1.807) is 6.92 Å². The predicted octanol–water partition coefficient (Wildman–Crippen LogP) is 4.09. The first-order valence-corrected chi connectivity index (χ1v) is 6.63. The summed E-state index contributed by atoms with van der Waals surface area (Å²) in [5, 5.41) is 9.14. The molecule has 0 amide bonds. The molecule has 0 aliphatic heterocycles. The molecule has 0 bridgehead atoms. The first-order chi connectivity index (χ1) is 10.8. The Bertz CT molecular complexity index is 593. The van der Waals surface area contributed by atoms with Crippen LogP contribution in [0.4, 0.5) is 30.7 Å². The van der Waals surface area contributed by atoms with E-state index in [1.807, 2.05) is 0 Å². The third-order valence-electron chi connectivity index (χ3n) is 3.38. The number of alkyl halides is 6. The summed E-state index contributed by atoms with van der Waals surface area (Å²) in [6.45, 7) is 3.11. The molecule has 0 saturated heterocycles. The molecule has 3 nitrogen and oxygen atoms in total. The minimum atomic E-state index is -6.21. The molecule has 1 N–H and O–H groups in total. The van der Waals surface area contributed by atoms with Gasteiger partial charge >= 0.3 is 18.3 Å². The number of carbonyl (C=O) groups excluding carboxylic acids is 1. The average Bonchev–Trinajstić information content (AvgIpc) is 2.43. The lowest BCUT2D eigenvalue weighted by molar-refractivity contribution is -0.377. The highest BCUT2D eigenvalue weighted by molar-refractivity contribution is 5.74. The molecule has 0 spiro atoms. The summed E-state index contributed by atoms with van der Waals surface area (Å²) in [4.78, 5) is 11.5. The van der Waals surface area contributed by atoms with Gasteiger partial charge in [0.2, 0.25) is 0 Å². The normalized spacial score (nSPS) is 14.4. The molecule has 1 rings (SSSR count). The Balaban J connectivity index is 3.30. The minimum Gasteiger partial charge on any atom is -0.426 e. The Labute approximate surface area is 132 Å². The van der Waals surface area contributed by atoms with Crippen molar-refractivity contribution in [2.45, 2.75) is 38.2 Å². The van der Waals surface area contributed by atoms with Gasteiger partial charge in [0.05, 0.1) is 5.92 Å². The van der Waals surface area contributed by atoms with Crippen LogP contribution in [-0.2, 0) is 10.4 Å².